The second-order valence-corrected chi connectivity index (χ2v) is 8.09. The van der Waals surface area contributed by atoms with E-state index < -0.39 is 10.8 Å². The molecular weight excluding hydrogens is 365 g/mol. The van der Waals surface area contributed by atoms with Crippen LogP contribution in [0.3, 0.4) is 0 Å². The molecule has 0 saturated carbocycles. The lowest BCUT2D eigenvalue weighted by atomic mass is 9.83. The molecule has 144 valence electrons. The quantitative estimate of drug-likeness (QED) is 0.736. The van der Waals surface area contributed by atoms with Gasteiger partial charge in [0, 0.05) is 16.3 Å². The number of ether oxygens (including phenoxy) is 1. The van der Waals surface area contributed by atoms with Crippen molar-refractivity contribution in [3.8, 4) is 0 Å². The third-order valence-corrected chi connectivity index (χ3v) is 6.11. The minimum atomic E-state index is -1.40. The Morgan fingerprint density at radius 3 is 2.85 bits per heavy atom. The molecule has 0 fully saturated rings. The Balaban J connectivity index is 1.71. The highest BCUT2D eigenvalue weighted by Gasteiger charge is 2.21. The predicted octanol–water partition coefficient (Wildman–Crippen LogP) is 3.57. The van der Waals surface area contributed by atoms with Crippen molar-refractivity contribution in [2.75, 3.05) is 19.7 Å². The molecule has 4 nitrogen and oxygen atoms in total. The van der Waals surface area contributed by atoms with Crippen molar-refractivity contribution in [1.29, 1.82) is 0 Å². The van der Waals surface area contributed by atoms with Crippen LogP contribution in [0.15, 0.2) is 52.3 Å². The fourth-order valence-electron chi connectivity index (χ4n) is 3.50. The Kier molecular flexibility index (Phi) is 6.74. The summed E-state index contributed by atoms with van der Waals surface area (Å²) in [5.41, 5.74) is 2.42. The van der Waals surface area contributed by atoms with E-state index in [0.717, 1.165) is 19.3 Å². The van der Waals surface area contributed by atoms with Crippen molar-refractivity contribution in [3.05, 3.63) is 59.4 Å². The molecule has 0 heterocycles. The number of hydrogen-bond acceptors (Lipinski definition) is 4. The maximum absolute atomic E-state index is 13.4. The molecular formula is C21H24FNO3S. The first-order chi connectivity index (χ1) is 13.1. The van der Waals surface area contributed by atoms with Gasteiger partial charge < -0.3 is 10.1 Å². The number of benzene rings is 2. The third-order valence-electron chi connectivity index (χ3n) is 4.74. The highest BCUT2D eigenvalue weighted by molar-refractivity contribution is 7.85. The van der Waals surface area contributed by atoms with Crippen molar-refractivity contribution in [2.45, 2.75) is 41.9 Å². The van der Waals surface area contributed by atoms with Gasteiger partial charge in [-0.2, -0.15) is 0 Å². The molecule has 0 radical (unpaired) electrons. The predicted molar refractivity (Wildman–Crippen MR) is 103 cm³/mol. The van der Waals surface area contributed by atoms with Crippen LogP contribution in [0.4, 0.5) is 4.39 Å². The second-order valence-electron chi connectivity index (χ2n) is 6.61. The summed E-state index contributed by atoms with van der Waals surface area (Å²) in [6.07, 6.45) is 3.04. The van der Waals surface area contributed by atoms with Crippen LogP contribution in [0, 0.1) is 5.82 Å². The van der Waals surface area contributed by atoms with Crippen molar-refractivity contribution in [3.63, 3.8) is 0 Å². The summed E-state index contributed by atoms with van der Waals surface area (Å²) >= 11 is 0. The lowest BCUT2D eigenvalue weighted by Gasteiger charge is -2.26. The van der Waals surface area contributed by atoms with Crippen LogP contribution < -0.4 is 5.32 Å². The van der Waals surface area contributed by atoms with Gasteiger partial charge in [-0.15, -0.1) is 0 Å². The number of rotatable bonds is 7. The van der Waals surface area contributed by atoms with E-state index in [1.54, 1.807) is 19.1 Å². The average Bonchev–Trinajstić information content (AvgIpc) is 2.67. The van der Waals surface area contributed by atoms with Gasteiger partial charge in [0.05, 0.1) is 24.0 Å². The van der Waals surface area contributed by atoms with Crippen molar-refractivity contribution in [1.82, 2.24) is 5.32 Å². The van der Waals surface area contributed by atoms with Gasteiger partial charge in [0.1, 0.15) is 5.82 Å². The van der Waals surface area contributed by atoms with Crippen LogP contribution in [-0.4, -0.2) is 29.9 Å². The molecule has 2 aromatic rings. The van der Waals surface area contributed by atoms with E-state index in [9.17, 15) is 13.4 Å². The van der Waals surface area contributed by atoms with Crippen LogP contribution in [-0.2, 0) is 26.8 Å². The third kappa shape index (κ3) is 5.02. The molecule has 2 atom stereocenters. The summed E-state index contributed by atoms with van der Waals surface area (Å²) in [7, 11) is -1.40. The Hall–Kier alpha value is -2.05. The topological polar surface area (TPSA) is 55.4 Å². The molecule has 0 spiro atoms. The number of carbonyl (C=O) groups excluding carboxylic acids is 1. The molecule has 3 rings (SSSR count). The van der Waals surface area contributed by atoms with E-state index in [0.29, 0.717) is 28.9 Å². The molecule has 0 amide bonds. The number of aryl methyl sites for hydroxylation is 1. The smallest absolute Gasteiger partial charge is 0.319 e. The molecule has 2 aromatic carbocycles. The van der Waals surface area contributed by atoms with Crippen LogP contribution in [0.25, 0.3) is 0 Å². The van der Waals surface area contributed by atoms with Gasteiger partial charge in [0.2, 0.25) is 0 Å². The fourth-order valence-corrected chi connectivity index (χ4v) is 4.63. The summed E-state index contributed by atoms with van der Waals surface area (Å²) in [6.45, 7) is 3.10. The first kappa shape index (κ1) is 19.7. The van der Waals surface area contributed by atoms with E-state index in [2.05, 4.69) is 5.32 Å². The van der Waals surface area contributed by atoms with E-state index in [4.69, 9.17) is 4.74 Å². The van der Waals surface area contributed by atoms with E-state index in [-0.39, 0.29) is 18.3 Å². The minimum absolute atomic E-state index is 0.210. The first-order valence-corrected chi connectivity index (χ1v) is 10.4. The molecule has 1 aliphatic rings. The summed E-state index contributed by atoms with van der Waals surface area (Å²) in [5.74, 6) is -0.305. The Morgan fingerprint density at radius 1 is 1.26 bits per heavy atom. The fraction of sp³-hybridized carbons (Fsp3) is 0.381. The molecule has 1 unspecified atom stereocenters. The largest absolute Gasteiger partial charge is 0.465 e. The van der Waals surface area contributed by atoms with Crippen LogP contribution in [0.5, 0.6) is 0 Å². The number of fused-ring (bicyclic) bond motifs is 1. The van der Waals surface area contributed by atoms with Gasteiger partial charge in [-0.25, -0.2) is 8.60 Å². The number of halogens is 1. The lowest BCUT2D eigenvalue weighted by Crippen LogP contribution is -2.30. The van der Waals surface area contributed by atoms with Gasteiger partial charge >= 0.3 is 5.97 Å². The number of esters is 1. The minimum Gasteiger partial charge on any atom is -0.465 e. The second kappa shape index (κ2) is 9.24. The highest BCUT2D eigenvalue weighted by atomic mass is 32.2. The van der Waals surface area contributed by atoms with Gasteiger partial charge in [-0.3, -0.25) is 4.79 Å². The molecule has 1 N–H and O–H groups in total. The average molecular weight is 389 g/mol. The molecule has 0 aliphatic heterocycles. The maximum atomic E-state index is 13.4. The normalized spacial score (nSPS) is 17.2. The Morgan fingerprint density at radius 2 is 2.07 bits per heavy atom. The monoisotopic (exact) mass is 389 g/mol. The van der Waals surface area contributed by atoms with Gasteiger partial charge in [0.15, 0.2) is 0 Å². The maximum Gasteiger partial charge on any atom is 0.319 e. The number of nitrogens with one attached hydrogen (secondary N) is 1. The molecule has 1 aliphatic carbocycles. The molecule has 6 heteroatoms. The zero-order chi connectivity index (χ0) is 19.2. The SMILES string of the molecule is CCOC(=O)CNC[C@@H]1CCCc2cc(S(=O)c3cccc(F)c3)ccc21. The van der Waals surface area contributed by atoms with Gasteiger partial charge in [-0.05, 0) is 73.6 Å². The van der Waals surface area contributed by atoms with Crippen LogP contribution in [0.2, 0.25) is 0 Å². The van der Waals surface area contributed by atoms with Crippen LogP contribution in [0.1, 0.15) is 36.8 Å². The Bertz CT molecular complexity index is 840. The van der Waals surface area contributed by atoms with Crippen LogP contribution >= 0.6 is 0 Å². The molecule has 0 saturated heterocycles. The summed E-state index contributed by atoms with van der Waals surface area (Å²) in [5, 5.41) is 3.17. The molecule has 0 aromatic heterocycles. The van der Waals surface area contributed by atoms with Gasteiger partial charge in [-0.1, -0.05) is 12.1 Å². The lowest BCUT2D eigenvalue weighted by molar-refractivity contribution is -0.142. The van der Waals surface area contributed by atoms with Gasteiger partial charge in [0.25, 0.3) is 0 Å². The van der Waals surface area contributed by atoms with Crippen molar-refractivity contribution >= 4 is 16.8 Å². The first-order valence-electron chi connectivity index (χ1n) is 9.25. The van der Waals surface area contributed by atoms with E-state index in [1.165, 1.54) is 23.3 Å². The summed E-state index contributed by atoms with van der Waals surface area (Å²) < 4.78 is 31.1. The Labute approximate surface area is 161 Å². The number of carbonyl (C=O) groups is 1. The molecule has 27 heavy (non-hydrogen) atoms. The number of hydrogen-bond donors (Lipinski definition) is 1. The summed E-state index contributed by atoms with van der Waals surface area (Å²) in [6, 6.07) is 11.8. The standard InChI is InChI=1S/C21H24FNO3S/c1-2-26-21(24)14-23-13-16-6-3-5-15-11-19(9-10-20(15)16)27(25)18-8-4-7-17(22)12-18/h4,7-12,16,23H,2-3,5-6,13-14H2,1H3/t16-,27?/m0/s1. The highest BCUT2D eigenvalue weighted by Crippen LogP contribution is 2.33. The van der Waals surface area contributed by atoms with Crippen molar-refractivity contribution in [2.24, 2.45) is 0 Å². The van der Waals surface area contributed by atoms with Crippen molar-refractivity contribution < 1.29 is 18.1 Å². The van der Waals surface area contributed by atoms with E-state index >= 15 is 0 Å². The zero-order valence-electron chi connectivity index (χ0n) is 15.4. The van der Waals surface area contributed by atoms with E-state index in [1.807, 2.05) is 18.2 Å². The molecule has 0 bridgehead atoms. The zero-order valence-corrected chi connectivity index (χ0v) is 16.2. The summed E-state index contributed by atoms with van der Waals surface area (Å²) in [4.78, 5) is 12.6.